The van der Waals surface area contributed by atoms with Gasteiger partial charge in [0.25, 0.3) is 5.91 Å². The first-order valence-electron chi connectivity index (χ1n) is 10.9. The molecule has 0 saturated heterocycles. The number of nitriles is 1. The predicted octanol–water partition coefficient (Wildman–Crippen LogP) is 3.15. The number of nitrogens with zero attached hydrogens (tertiary/aromatic N) is 2. The zero-order valence-corrected chi connectivity index (χ0v) is 18.0. The molecule has 0 spiro atoms. The lowest BCUT2D eigenvalue weighted by Gasteiger charge is -2.22. The Morgan fingerprint density at radius 2 is 2.03 bits per heavy atom. The van der Waals surface area contributed by atoms with Crippen molar-refractivity contribution in [3.8, 4) is 6.07 Å². The largest absolute Gasteiger partial charge is 0.385 e. The molecule has 164 valence electrons. The average molecular weight is 423 g/mol. The van der Waals surface area contributed by atoms with Crippen molar-refractivity contribution in [1.82, 2.24) is 15.2 Å². The molecule has 0 unspecified atom stereocenters. The van der Waals surface area contributed by atoms with E-state index in [1.165, 1.54) is 6.42 Å². The minimum absolute atomic E-state index is 0.0810. The second-order valence-electron chi connectivity index (χ2n) is 7.90. The number of ether oxygens (including phenoxy) is 1. The van der Waals surface area contributed by atoms with E-state index < -0.39 is 0 Å². The highest BCUT2D eigenvalue weighted by Gasteiger charge is 2.19. The van der Waals surface area contributed by atoms with Crippen molar-refractivity contribution in [2.45, 2.75) is 51.1 Å². The second kappa shape index (κ2) is 11.3. The summed E-state index contributed by atoms with van der Waals surface area (Å²) < 4.78 is 6.84. The van der Waals surface area contributed by atoms with E-state index in [0.717, 1.165) is 48.6 Å². The van der Waals surface area contributed by atoms with Gasteiger partial charge in [-0.25, -0.2) is 0 Å². The molecule has 0 atom stereocenters. The van der Waals surface area contributed by atoms with E-state index in [1.807, 2.05) is 41.1 Å². The van der Waals surface area contributed by atoms with Crippen molar-refractivity contribution in [3.63, 3.8) is 0 Å². The number of fused-ring (bicyclic) bond motifs is 1. The quantitative estimate of drug-likeness (QED) is 0.369. The molecule has 1 heterocycles. The number of carbonyl (C=O) groups is 2. The summed E-state index contributed by atoms with van der Waals surface area (Å²) in [6, 6.07) is 9.86. The summed E-state index contributed by atoms with van der Waals surface area (Å²) >= 11 is 0. The number of rotatable bonds is 9. The van der Waals surface area contributed by atoms with E-state index in [2.05, 4.69) is 10.6 Å². The lowest BCUT2D eigenvalue weighted by molar-refractivity contribution is -0.121. The van der Waals surface area contributed by atoms with E-state index in [-0.39, 0.29) is 30.0 Å². The molecular formula is C24H30N4O3. The van der Waals surface area contributed by atoms with E-state index >= 15 is 0 Å². The van der Waals surface area contributed by atoms with Crippen LogP contribution in [0, 0.1) is 11.3 Å². The third-order valence-corrected chi connectivity index (χ3v) is 5.59. The van der Waals surface area contributed by atoms with Gasteiger partial charge < -0.3 is 19.9 Å². The zero-order chi connectivity index (χ0) is 22.1. The van der Waals surface area contributed by atoms with Crippen molar-refractivity contribution in [3.05, 3.63) is 41.6 Å². The van der Waals surface area contributed by atoms with Crippen molar-refractivity contribution in [1.29, 1.82) is 5.26 Å². The fraction of sp³-hybridized carbons (Fsp3) is 0.458. The maximum atomic E-state index is 12.7. The molecule has 31 heavy (non-hydrogen) atoms. The summed E-state index contributed by atoms with van der Waals surface area (Å²) in [5.41, 5.74) is 1.71. The number of amides is 2. The molecule has 7 heteroatoms. The summed E-state index contributed by atoms with van der Waals surface area (Å²) in [7, 11) is 1.63. The lowest BCUT2D eigenvalue weighted by Crippen LogP contribution is -2.36. The minimum Gasteiger partial charge on any atom is -0.385 e. The molecule has 2 aromatic rings. The molecule has 1 aliphatic carbocycles. The smallest absolute Gasteiger partial charge is 0.262 e. The molecule has 2 N–H and O–H groups in total. The van der Waals surface area contributed by atoms with Gasteiger partial charge in [-0.1, -0.05) is 37.5 Å². The Morgan fingerprint density at radius 1 is 1.26 bits per heavy atom. The molecule has 1 aliphatic rings. The van der Waals surface area contributed by atoms with Crippen LogP contribution in [-0.4, -0.2) is 42.7 Å². The van der Waals surface area contributed by atoms with Crippen LogP contribution in [-0.2, 0) is 20.9 Å². The van der Waals surface area contributed by atoms with Gasteiger partial charge in [0, 0.05) is 49.0 Å². The Morgan fingerprint density at radius 3 is 2.77 bits per heavy atom. The van der Waals surface area contributed by atoms with E-state index in [0.29, 0.717) is 13.2 Å². The molecule has 3 rings (SSSR count). The van der Waals surface area contributed by atoms with Crippen LogP contribution >= 0.6 is 0 Å². The Labute approximate surface area is 183 Å². The molecule has 1 aromatic heterocycles. The highest BCUT2D eigenvalue weighted by atomic mass is 16.5. The summed E-state index contributed by atoms with van der Waals surface area (Å²) in [6.07, 6.45) is 9.54. The number of hydrogen-bond acceptors (Lipinski definition) is 4. The molecule has 0 bridgehead atoms. The number of para-hydroxylation sites is 1. The predicted molar refractivity (Wildman–Crippen MR) is 120 cm³/mol. The second-order valence-corrected chi connectivity index (χ2v) is 7.90. The molecule has 0 aliphatic heterocycles. The van der Waals surface area contributed by atoms with Crippen molar-refractivity contribution >= 4 is 28.8 Å². The van der Waals surface area contributed by atoms with Crippen molar-refractivity contribution in [2.24, 2.45) is 0 Å². The molecule has 0 radical (unpaired) electrons. The maximum Gasteiger partial charge on any atom is 0.262 e. The van der Waals surface area contributed by atoms with Crippen LogP contribution in [0.4, 0.5) is 0 Å². The normalized spacial score (nSPS) is 14.9. The van der Waals surface area contributed by atoms with Crippen LogP contribution in [0.3, 0.4) is 0 Å². The number of methoxy groups -OCH3 is 1. The third kappa shape index (κ3) is 6.19. The third-order valence-electron chi connectivity index (χ3n) is 5.59. The molecule has 1 fully saturated rings. The maximum absolute atomic E-state index is 12.7. The Balaban J connectivity index is 1.77. The molecule has 1 aromatic carbocycles. The minimum atomic E-state index is -0.331. The van der Waals surface area contributed by atoms with Gasteiger partial charge in [0.05, 0.1) is 0 Å². The molecular weight excluding hydrogens is 392 g/mol. The topological polar surface area (TPSA) is 96.2 Å². The van der Waals surface area contributed by atoms with Gasteiger partial charge in [-0.05, 0) is 31.4 Å². The van der Waals surface area contributed by atoms with Crippen LogP contribution in [0.5, 0.6) is 0 Å². The average Bonchev–Trinajstić information content (AvgIpc) is 3.13. The number of carbonyl (C=O) groups excluding carboxylic acids is 2. The summed E-state index contributed by atoms with van der Waals surface area (Å²) in [6.45, 7) is 1.32. The van der Waals surface area contributed by atoms with Gasteiger partial charge in [-0.15, -0.1) is 0 Å². The van der Waals surface area contributed by atoms with Gasteiger partial charge in [0.15, 0.2) is 0 Å². The van der Waals surface area contributed by atoms with Gasteiger partial charge in [0.2, 0.25) is 5.91 Å². The molecule has 1 saturated carbocycles. The first-order valence-corrected chi connectivity index (χ1v) is 10.9. The lowest BCUT2D eigenvalue weighted by atomic mass is 9.95. The fourth-order valence-electron chi connectivity index (χ4n) is 3.99. The number of aromatic nitrogens is 1. The van der Waals surface area contributed by atoms with E-state index in [1.54, 1.807) is 13.2 Å². The van der Waals surface area contributed by atoms with Crippen molar-refractivity contribution < 1.29 is 14.3 Å². The monoisotopic (exact) mass is 422 g/mol. The standard InChI is InChI=1S/C24H30N4O3/c1-31-13-7-12-26-23(29)17-28-16-19(21-10-5-6-11-22(21)28)14-18(15-25)24(30)27-20-8-3-2-4-9-20/h5-6,10-11,14,16,20H,2-4,7-9,12-13,17H2,1H3,(H,26,29)(H,27,30)/b18-14+. The molecule has 7 nitrogen and oxygen atoms in total. The van der Waals surface area contributed by atoms with Crippen LogP contribution < -0.4 is 10.6 Å². The van der Waals surface area contributed by atoms with Crippen LogP contribution in [0.1, 0.15) is 44.1 Å². The van der Waals surface area contributed by atoms with Crippen molar-refractivity contribution in [2.75, 3.05) is 20.3 Å². The van der Waals surface area contributed by atoms with Gasteiger partial charge in [0.1, 0.15) is 18.2 Å². The summed E-state index contributed by atoms with van der Waals surface area (Å²) in [5.74, 6) is -0.426. The van der Waals surface area contributed by atoms with Crippen LogP contribution in [0.15, 0.2) is 36.0 Å². The summed E-state index contributed by atoms with van der Waals surface area (Å²) in [5, 5.41) is 16.4. The SMILES string of the molecule is COCCCNC(=O)Cn1cc(/C=C(\C#N)C(=O)NC2CCCCC2)c2ccccc21. The van der Waals surface area contributed by atoms with Crippen LogP contribution in [0.2, 0.25) is 0 Å². The zero-order valence-electron chi connectivity index (χ0n) is 18.0. The number of hydrogen-bond donors (Lipinski definition) is 2. The fourth-order valence-corrected chi connectivity index (χ4v) is 3.99. The number of benzene rings is 1. The van der Waals surface area contributed by atoms with Crippen LogP contribution in [0.25, 0.3) is 17.0 Å². The first kappa shape index (κ1) is 22.6. The highest BCUT2D eigenvalue weighted by molar-refractivity contribution is 6.04. The van der Waals surface area contributed by atoms with Gasteiger partial charge in [-0.2, -0.15) is 5.26 Å². The van der Waals surface area contributed by atoms with Gasteiger partial charge in [-0.3, -0.25) is 9.59 Å². The number of nitrogens with one attached hydrogen (secondary N) is 2. The van der Waals surface area contributed by atoms with Gasteiger partial charge >= 0.3 is 0 Å². The summed E-state index contributed by atoms with van der Waals surface area (Å²) in [4.78, 5) is 25.0. The van der Waals surface area contributed by atoms with E-state index in [9.17, 15) is 14.9 Å². The Kier molecular flexibility index (Phi) is 8.25. The Bertz CT molecular complexity index is 980. The first-order chi connectivity index (χ1) is 15.1. The highest BCUT2D eigenvalue weighted by Crippen LogP contribution is 2.24. The van der Waals surface area contributed by atoms with E-state index in [4.69, 9.17) is 4.74 Å². The molecule has 2 amide bonds. The Hall–Kier alpha value is -3.11.